The molecule has 2 aliphatic heterocycles. The second-order valence-electron chi connectivity index (χ2n) is 9.07. The molecule has 0 unspecified atom stereocenters. The van der Waals surface area contributed by atoms with Crippen molar-refractivity contribution in [2.24, 2.45) is 11.8 Å². The van der Waals surface area contributed by atoms with Crippen LogP contribution >= 0.6 is 15.9 Å². The van der Waals surface area contributed by atoms with E-state index in [4.69, 9.17) is 4.74 Å². The second-order valence-corrected chi connectivity index (χ2v) is 9.98. The number of carbonyl (C=O) groups excluding carboxylic acids is 4. The molecular weight excluding hydrogens is 510 g/mol. The van der Waals surface area contributed by atoms with Crippen LogP contribution in [0.25, 0.3) is 0 Å². The minimum atomic E-state index is -2.06. The Morgan fingerprint density at radius 3 is 2.11 bits per heavy atom. The Morgan fingerprint density at radius 1 is 0.857 bits per heavy atom. The van der Waals surface area contributed by atoms with Crippen LogP contribution in [0.5, 0.6) is 0 Å². The average molecular weight is 530 g/mol. The molecule has 0 radical (unpaired) electrons. The zero-order chi connectivity index (χ0) is 24.5. The third-order valence-electron chi connectivity index (χ3n) is 7.30. The van der Waals surface area contributed by atoms with Crippen molar-refractivity contribution in [3.8, 4) is 0 Å². The van der Waals surface area contributed by atoms with Crippen molar-refractivity contribution in [2.75, 3.05) is 4.90 Å². The van der Waals surface area contributed by atoms with Gasteiger partial charge in [0.05, 0.1) is 23.6 Å². The maximum absolute atomic E-state index is 13.9. The van der Waals surface area contributed by atoms with Crippen molar-refractivity contribution >= 4 is 45.0 Å². The van der Waals surface area contributed by atoms with Gasteiger partial charge in [-0.3, -0.25) is 19.2 Å². The van der Waals surface area contributed by atoms with Gasteiger partial charge >= 0.3 is 0 Å². The number of Topliss-reactive ketones (excluding diaryl/α,β-unsaturated/α-hetero) is 2. The highest BCUT2D eigenvalue weighted by Gasteiger charge is 2.74. The normalized spacial score (nSPS) is 24.4. The van der Waals surface area contributed by atoms with E-state index in [-0.39, 0.29) is 11.1 Å². The number of imide groups is 1. The van der Waals surface area contributed by atoms with Crippen molar-refractivity contribution in [3.05, 3.63) is 99.5 Å². The Kier molecular flexibility index (Phi) is 4.92. The minimum absolute atomic E-state index is 0.220. The second kappa shape index (κ2) is 7.80. The van der Waals surface area contributed by atoms with Gasteiger partial charge in [0.15, 0.2) is 0 Å². The van der Waals surface area contributed by atoms with Gasteiger partial charge in [-0.1, -0.05) is 71.4 Å². The van der Waals surface area contributed by atoms with Crippen LogP contribution in [0, 0.1) is 11.8 Å². The van der Waals surface area contributed by atoms with E-state index in [1.54, 1.807) is 54.6 Å². The minimum Gasteiger partial charge on any atom is -0.349 e. The van der Waals surface area contributed by atoms with E-state index in [0.717, 1.165) is 21.4 Å². The van der Waals surface area contributed by atoms with E-state index >= 15 is 0 Å². The van der Waals surface area contributed by atoms with Crippen LogP contribution in [0.2, 0.25) is 0 Å². The molecular formula is C28H20BrNO5. The summed E-state index contributed by atoms with van der Waals surface area (Å²) < 4.78 is 7.06. The smallest absolute Gasteiger partial charge is 0.241 e. The number of hydrogen-bond donors (Lipinski definition) is 0. The lowest BCUT2D eigenvalue weighted by Crippen LogP contribution is -2.51. The summed E-state index contributed by atoms with van der Waals surface area (Å²) in [6.45, 7) is 2.02. The predicted molar refractivity (Wildman–Crippen MR) is 131 cm³/mol. The number of anilines is 1. The number of rotatable bonds is 3. The summed E-state index contributed by atoms with van der Waals surface area (Å²) in [5.41, 5.74) is 0.481. The summed E-state index contributed by atoms with van der Waals surface area (Å²) >= 11 is 3.44. The molecule has 0 bridgehead atoms. The standard InChI is InChI=1S/C28H20BrNO5/c1-2-15-10-12-18(13-11-15)30-26(33)21-22(27(30)34)28(35-23(21)16-6-5-7-17(29)14-16)24(31)19-8-3-4-9-20(19)25(28)32/h3-14,21-23H,2H2,1H3/t21-,22+,23-/m0/s1. The first-order valence-electron chi connectivity index (χ1n) is 11.5. The van der Waals surface area contributed by atoms with Crippen molar-refractivity contribution < 1.29 is 23.9 Å². The molecule has 3 atom stereocenters. The number of benzene rings is 3. The van der Waals surface area contributed by atoms with Crippen molar-refractivity contribution in [3.63, 3.8) is 0 Å². The first kappa shape index (κ1) is 22.1. The molecule has 0 saturated carbocycles. The van der Waals surface area contributed by atoms with Crippen LogP contribution in [0.15, 0.2) is 77.3 Å². The lowest BCUT2D eigenvalue weighted by molar-refractivity contribution is -0.127. The van der Waals surface area contributed by atoms with Crippen LogP contribution in [-0.2, 0) is 20.7 Å². The molecule has 2 heterocycles. The van der Waals surface area contributed by atoms with Crippen molar-refractivity contribution in [2.45, 2.75) is 25.0 Å². The first-order chi connectivity index (χ1) is 16.9. The van der Waals surface area contributed by atoms with E-state index in [1.807, 2.05) is 25.1 Å². The van der Waals surface area contributed by atoms with Gasteiger partial charge in [0, 0.05) is 15.6 Å². The zero-order valence-electron chi connectivity index (χ0n) is 18.7. The fraction of sp³-hybridized carbons (Fsp3) is 0.214. The van der Waals surface area contributed by atoms with E-state index in [9.17, 15) is 19.2 Å². The SMILES string of the molecule is CCc1ccc(N2C(=O)[C@@H]3[C@H](c4cccc(Br)c4)OC4(C(=O)c5ccccc5C4=O)[C@H]3C2=O)cc1. The molecule has 6 rings (SSSR count). The molecule has 1 spiro atoms. The first-order valence-corrected chi connectivity index (χ1v) is 12.3. The highest BCUT2D eigenvalue weighted by molar-refractivity contribution is 9.10. The number of aryl methyl sites for hydroxylation is 1. The highest BCUT2D eigenvalue weighted by Crippen LogP contribution is 2.57. The molecule has 0 N–H and O–H groups in total. The number of fused-ring (bicyclic) bond motifs is 3. The van der Waals surface area contributed by atoms with Gasteiger partial charge in [0.25, 0.3) is 0 Å². The van der Waals surface area contributed by atoms with Crippen LogP contribution in [0.1, 0.15) is 44.9 Å². The third kappa shape index (κ3) is 2.91. The van der Waals surface area contributed by atoms with E-state index in [2.05, 4.69) is 15.9 Å². The van der Waals surface area contributed by atoms with E-state index < -0.39 is 46.9 Å². The van der Waals surface area contributed by atoms with Gasteiger partial charge in [-0.25, -0.2) is 4.90 Å². The Bertz CT molecular complexity index is 1390. The molecule has 3 aliphatic rings. The number of halogens is 1. The summed E-state index contributed by atoms with van der Waals surface area (Å²) in [6, 6.07) is 20.8. The molecule has 2 fully saturated rings. The van der Waals surface area contributed by atoms with Gasteiger partial charge in [0.2, 0.25) is 29.0 Å². The maximum Gasteiger partial charge on any atom is 0.241 e. The fourth-order valence-corrected chi connectivity index (χ4v) is 6.05. The molecule has 1 aliphatic carbocycles. The largest absolute Gasteiger partial charge is 0.349 e. The summed E-state index contributed by atoms with van der Waals surface area (Å²) in [4.78, 5) is 56.4. The summed E-state index contributed by atoms with van der Waals surface area (Å²) in [6.07, 6.45) is -0.118. The molecule has 2 saturated heterocycles. The van der Waals surface area contributed by atoms with E-state index in [0.29, 0.717) is 11.3 Å². The van der Waals surface area contributed by atoms with Crippen molar-refractivity contribution in [1.29, 1.82) is 0 Å². The molecule has 2 amide bonds. The van der Waals surface area contributed by atoms with Crippen LogP contribution in [0.4, 0.5) is 5.69 Å². The third-order valence-corrected chi connectivity index (χ3v) is 7.79. The molecule has 6 nitrogen and oxygen atoms in total. The van der Waals surface area contributed by atoms with Crippen LogP contribution < -0.4 is 4.90 Å². The highest BCUT2D eigenvalue weighted by atomic mass is 79.9. The van der Waals surface area contributed by atoms with Gasteiger partial charge in [-0.2, -0.15) is 0 Å². The van der Waals surface area contributed by atoms with Crippen molar-refractivity contribution in [1.82, 2.24) is 0 Å². The van der Waals surface area contributed by atoms with Gasteiger partial charge in [-0.05, 0) is 41.8 Å². The van der Waals surface area contributed by atoms with Crippen LogP contribution in [-0.4, -0.2) is 29.0 Å². The Morgan fingerprint density at radius 2 is 1.51 bits per heavy atom. The monoisotopic (exact) mass is 529 g/mol. The molecule has 0 aromatic heterocycles. The lowest BCUT2D eigenvalue weighted by Gasteiger charge is -2.27. The summed E-state index contributed by atoms with van der Waals surface area (Å²) in [5.74, 6) is -4.44. The number of hydrogen-bond acceptors (Lipinski definition) is 5. The molecule has 35 heavy (non-hydrogen) atoms. The number of ketones is 2. The summed E-state index contributed by atoms with van der Waals surface area (Å²) in [7, 11) is 0. The maximum atomic E-state index is 13.9. The average Bonchev–Trinajstić information content (AvgIpc) is 3.44. The van der Waals surface area contributed by atoms with Crippen LogP contribution in [0.3, 0.4) is 0 Å². The Balaban J connectivity index is 1.53. The topological polar surface area (TPSA) is 80.8 Å². The Labute approximate surface area is 210 Å². The molecule has 3 aromatic rings. The molecule has 7 heteroatoms. The predicted octanol–water partition coefficient (Wildman–Crippen LogP) is 4.71. The van der Waals surface area contributed by atoms with Gasteiger partial charge in [0.1, 0.15) is 0 Å². The zero-order valence-corrected chi connectivity index (χ0v) is 20.3. The lowest BCUT2D eigenvalue weighted by atomic mass is 9.77. The molecule has 174 valence electrons. The number of carbonyl (C=O) groups is 4. The number of nitrogens with zero attached hydrogens (tertiary/aromatic N) is 1. The fourth-order valence-electron chi connectivity index (χ4n) is 5.64. The molecule has 3 aromatic carbocycles. The number of ether oxygens (including phenoxy) is 1. The number of amides is 2. The summed E-state index contributed by atoms with van der Waals surface area (Å²) in [5, 5.41) is 0. The van der Waals surface area contributed by atoms with E-state index in [1.165, 1.54) is 0 Å². The van der Waals surface area contributed by atoms with Gasteiger partial charge in [-0.15, -0.1) is 0 Å². The quantitative estimate of drug-likeness (QED) is 0.362. The Hall–Kier alpha value is -3.42. The van der Waals surface area contributed by atoms with Gasteiger partial charge < -0.3 is 4.74 Å².